The van der Waals surface area contributed by atoms with Crippen molar-refractivity contribution in [3.05, 3.63) is 27.2 Å². The summed E-state index contributed by atoms with van der Waals surface area (Å²) in [7, 11) is -3.78. The standard InChI is InChI=1S/C12H15BrClNO4S/c1-3-7(4-2)15-20(18,19)8-5-9(12(16)17)11(14)10(13)6-8/h5-7,15H,3-4H2,1-2H3,(H,16,17). The molecule has 0 unspecified atom stereocenters. The Labute approximate surface area is 131 Å². The lowest BCUT2D eigenvalue weighted by Crippen LogP contribution is -2.34. The van der Waals surface area contributed by atoms with Crippen molar-refractivity contribution in [1.82, 2.24) is 4.72 Å². The van der Waals surface area contributed by atoms with Gasteiger partial charge in [-0.15, -0.1) is 0 Å². The number of hydrogen-bond donors (Lipinski definition) is 2. The summed E-state index contributed by atoms with van der Waals surface area (Å²) < 4.78 is 27.2. The minimum absolute atomic E-state index is 0.0287. The van der Waals surface area contributed by atoms with Crippen LogP contribution in [0.3, 0.4) is 0 Å². The molecule has 0 aliphatic rings. The second-order valence-electron chi connectivity index (χ2n) is 4.21. The van der Waals surface area contributed by atoms with Crippen molar-refractivity contribution < 1.29 is 18.3 Å². The molecule has 20 heavy (non-hydrogen) atoms. The van der Waals surface area contributed by atoms with Crippen LogP contribution in [0.2, 0.25) is 5.02 Å². The van der Waals surface area contributed by atoms with Gasteiger partial charge in [0, 0.05) is 10.5 Å². The lowest BCUT2D eigenvalue weighted by molar-refractivity contribution is 0.0696. The van der Waals surface area contributed by atoms with Gasteiger partial charge in [-0.05, 0) is 40.9 Å². The Bertz CT molecular complexity index is 614. The summed E-state index contributed by atoms with van der Waals surface area (Å²) in [6.45, 7) is 3.74. The molecule has 1 aromatic carbocycles. The maximum Gasteiger partial charge on any atom is 0.337 e. The molecule has 0 aromatic heterocycles. The number of carbonyl (C=O) groups is 1. The molecule has 0 spiro atoms. The van der Waals surface area contributed by atoms with Gasteiger partial charge in [-0.3, -0.25) is 0 Å². The number of aromatic carboxylic acids is 1. The molecule has 0 aliphatic carbocycles. The molecule has 0 atom stereocenters. The van der Waals surface area contributed by atoms with Crippen LogP contribution in [0.1, 0.15) is 37.0 Å². The number of carboxylic acid groups (broad SMARTS) is 1. The third-order valence-electron chi connectivity index (χ3n) is 2.85. The van der Waals surface area contributed by atoms with Crippen LogP contribution < -0.4 is 4.72 Å². The first-order valence-electron chi connectivity index (χ1n) is 5.97. The van der Waals surface area contributed by atoms with E-state index in [1.807, 2.05) is 13.8 Å². The van der Waals surface area contributed by atoms with Gasteiger partial charge in [-0.25, -0.2) is 17.9 Å². The summed E-state index contributed by atoms with van der Waals surface area (Å²) in [6, 6.07) is 2.15. The Morgan fingerprint density at radius 1 is 1.40 bits per heavy atom. The van der Waals surface area contributed by atoms with Crippen LogP contribution >= 0.6 is 27.5 Å². The number of halogens is 2. The summed E-state index contributed by atoms with van der Waals surface area (Å²) in [5, 5.41) is 9.01. The summed E-state index contributed by atoms with van der Waals surface area (Å²) in [5.74, 6) is -1.28. The molecule has 8 heteroatoms. The summed E-state index contributed by atoms with van der Waals surface area (Å²) >= 11 is 8.90. The van der Waals surface area contributed by atoms with Gasteiger partial charge in [0.25, 0.3) is 0 Å². The molecule has 112 valence electrons. The predicted molar refractivity (Wildman–Crippen MR) is 80.8 cm³/mol. The van der Waals surface area contributed by atoms with E-state index >= 15 is 0 Å². The molecule has 0 radical (unpaired) electrons. The average Bonchev–Trinajstić information content (AvgIpc) is 2.38. The molecule has 0 saturated heterocycles. The number of hydrogen-bond acceptors (Lipinski definition) is 3. The highest BCUT2D eigenvalue weighted by Gasteiger charge is 2.22. The zero-order chi connectivity index (χ0) is 15.5. The number of carboxylic acids is 1. The Morgan fingerprint density at radius 3 is 2.40 bits per heavy atom. The smallest absolute Gasteiger partial charge is 0.337 e. The van der Waals surface area contributed by atoms with Gasteiger partial charge in [-0.1, -0.05) is 25.4 Å². The van der Waals surface area contributed by atoms with E-state index in [9.17, 15) is 13.2 Å². The molecular weight excluding hydrogens is 370 g/mol. The minimum atomic E-state index is -3.78. The van der Waals surface area contributed by atoms with Gasteiger partial charge in [0.15, 0.2) is 0 Å². The molecule has 2 N–H and O–H groups in total. The second kappa shape index (κ2) is 6.89. The minimum Gasteiger partial charge on any atom is -0.478 e. The van der Waals surface area contributed by atoms with Crippen LogP contribution in [0.15, 0.2) is 21.5 Å². The van der Waals surface area contributed by atoms with Crippen LogP contribution in [-0.4, -0.2) is 25.5 Å². The van der Waals surface area contributed by atoms with Crippen molar-refractivity contribution in [3.63, 3.8) is 0 Å². The number of sulfonamides is 1. The molecule has 1 rings (SSSR count). The molecule has 5 nitrogen and oxygen atoms in total. The second-order valence-corrected chi connectivity index (χ2v) is 7.15. The zero-order valence-electron chi connectivity index (χ0n) is 11.0. The van der Waals surface area contributed by atoms with E-state index in [2.05, 4.69) is 20.7 Å². The van der Waals surface area contributed by atoms with E-state index in [-0.39, 0.29) is 26.0 Å². The topological polar surface area (TPSA) is 83.5 Å². The fourth-order valence-electron chi connectivity index (χ4n) is 1.62. The van der Waals surface area contributed by atoms with Gasteiger partial charge in [0.2, 0.25) is 10.0 Å². The van der Waals surface area contributed by atoms with Gasteiger partial charge in [0.05, 0.1) is 15.5 Å². The highest BCUT2D eigenvalue weighted by Crippen LogP contribution is 2.30. The van der Waals surface area contributed by atoms with Crippen LogP contribution in [0.4, 0.5) is 0 Å². The molecule has 0 fully saturated rings. The van der Waals surface area contributed by atoms with Crippen molar-refractivity contribution in [2.75, 3.05) is 0 Å². The highest BCUT2D eigenvalue weighted by molar-refractivity contribution is 9.10. The number of nitrogens with one attached hydrogen (secondary N) is 1. The Balaban J connectivity index is 3.29. The maximum absolute atomic E-state index is 12.2. The molecule has 0 bridgehead atoms. The lowest BCUT2D eigenvalue weighted by Gasteiger charge is -2.16. The van der Waals surface area contributed by atoms with Gasteiger partial charge >= 0.3 is 5.97 Å². The Kier molecular flexibility index (Phi) is 6.00. The van der Waals surface area contributed by atoms with E-state index in [4.69, 9.17) is 16.7 Å². The van der Waals surface area contributed by atoms with Crippen LogP contribution in [0.5, 0.6) is 0 Å². The first-order chi connectivity index (χ1) is 9.22. The third-order valence-corrected chi connectivity index (χ3v) is 5.61. The summed E-state index contributed by atoms with van der Waals surface area (Å²) in [6.07, 6.45) is 1.30. The quantitative estimate of drug-likeness (QED) is 0.788. The van der Waals surface area contributed by atoms with E-state index in [0.29, 0.717) is 12.8 Å². The van der Waals surface area contributed by atoms with Crippen molar-refractivity contribution in [1.29, 1.82) is 0 Å². The van der Waals surface area contributed by atoms with Crippen LogP contribution in [0.25, 0.3) is 0 Å². The fourth-order valence-corrected chi connectivity index (χ4v) is 3.87. The largest absolute Gasteiger partial charge is 0.478 e. The van der Waals surface area contributed by atoms with Crippen molar-refractivity contribution in [2.24, 2.45) is 0 Å². The van der Waals surface area contributed by atoms with Gasteiger partial charge in [0.1, 0.15) is 0 Å². The first-order valence-corrected chi connectivity index (χ1v) is 8.63. The van der Waals surface area contributed by atoms with Gasteiger partial charge < -0.3 is 5.11 Å². The van der Waals surface area contributed by atoms with Gasteiger partial charge in [-0.2, -0.15) is 0 Å². The highest BCUT2D eigenvalue weighted by atomic mass is 79.9. The molecule has 0 heterocycles. The molecular formula is C12H15BrClNO4S. The van der Waals surface area contributed by atoms with Crippen molar-refractivity contribution in [3.8, 4) is 0 Å². The fraction of sp³-hybridized carbons (Fsp3) is 0.417. The van der Waals surface area contributed by atoms with E-state index in [1.165, 1.54) is 6.07 Å². The SMILES string of the molecule is CCC(CC)NS(=O)(=O)c1cc(Br)c(Cl)c(C(=O)O)c1. The molecule has 0 amide bonds. The number of rotatable bonds is 6. The summed E-state index contributed by atoms with van der Waals surface area (Å²) in [5.41, 5.74) is -0.258. The zero-order valence-corrected chi connectivity index (χ0v) is 14.1. The first kappa shape index (κ1) is 17.4. The molecule has 0 aliphatic heterocycles. The molecule has 0 saturated carbocycles. The lowest BCUT2D eigenvalue weighted by atomic mass is 10.2. The Morgan fingerprint density at radius 2 is 1.95 bits per heavy atom. The summed E-state index contributed by atoms with van der Waals surface area (Å²) in [4.78, 5) is 10.9. The number of benzene rings is 1. The van der Waals surface area contributed by atoms with E-state index in [0.717, 1.165) is 6.07 Å². The normalized spacial score (nSPS) is 11.8. The predicted octanol–water partition coefficient (Wildman–Crippen LogP) is 3.27. The van der Waals surface area contributed by atoms with Crippen molar-refractivity contribution >= 4 is 43.5 Å². The van der Waals surface area contributed by atoms with E-state index in [1.54, 1.807) is 0 Å². The van der Waals surface area contributed by atoms with E-state index < -0.39 is 16.0 Å². The monoisotopic (exact) mass is 383 g/mol. The van der Waals surface area contributed by atoms with Crippen molar-refractivity contribution in [2.45, 2.75) is 37.6 Å². The van der Waals surface area contributed by atoms with Crippen LogP contribution in [0, 0.1) is 0 Å². The average molecular weight is 385 g/mol. The maximum atomic E-state index is 12.2. The molecule has 1 aromatic rings. The third kappa shape index (κ3) is 3.94. The van der Waals surface area contributed by atoms with Crippen LogP contribution in [-0.2, 0) is 10.0 Å². The Hall–Kier alpha value is -0.630.